The topological polar surface area (TPSA) is 59.3 Å². The Kier molecular flexibility index (Phi) is 4.31. The molecule has 1 aromatic carbocycles. The molecule has 1 heterocycles. The summed E-state index contributed by atoms with van der Waals surface area (Å²) < 4.78 is 5.36. The molecule has 0 unspecified atom stereocenters. The van der Waals surface area contributed by atoms with E-state index < -0.39 is 5.63 Å². The van der Waals surface area contributed by atoms with Crippen LogP contribution >= 0.6 is 11.6 Å². The zero-order chi connectivity index (χ0) is 19.5. The summed E-state index contributed by atoms with van der Waals surface area (Å²) in [6.45, 7) is 2.15. The number of amides is 1. The van der Waals surface area contributed by atoms with Gasteiger partial charge < -0.3 is 9.73 Å². The summed E-state index contributed by atoms with van der Waals surface area (Å²) in [6.07, 6.45) is 8.68. The summed E-state index contributed by atoms with van der Waals surface area (Å²) >= 11 is 6.05. The van der Waals surface area contributed by atoms with E-state index in [9.17, 15) is 9.59 Å². The average Bonchev–Trinajstić information content (AvgIpc) is 2.64. The van der Waals surface area contributed by atoms with Gasteiger partial charge in [-0.1, -0.05) is 18.5 Å². The highest BCUT2D eigenvalue weighted by molar-refractivity contribution is 6.31. The maximum absolute atomic E-state index is 13.1. The fourth-order valence-corrected chi connectivity index (χ4v) is 6.96. The van der Waals surface area contributed by atoms with Crippen molar-refractivity contribution in [2.75, 3.05) is 0 Å². The predicted octanol–water partition coefficient (Wildman–Crippen LogP) is 5.17. The van der Waals surface area contributed by atoms with E-state index in [1.165, 1.54) is 38.5 Å². The van der Waals surface area contributed by atoms with Crippen molar-refractivity contribution in [1.82, 2.24) is 5.32 Å². The van der Waals surface area contributed by atoms with Crippen molar-refractivity contribution >= 4 is 28.5 Å². The average molecular weight is 400 g/mol. The molecule has 4 nitrogen and oxygen atoms in total. The zero-order valence-corrected chi connectivity index (χ0v) is 16.9. The second-order valence-corrected chi connectivity index (χ2v) is 9.78. The van der Waals surface area contributed by atoms with Crippen molar-refractivity contribution in [2.45, 2.75) is 57.9 Å². The molecule has 1 atom stereocenters. The lowest BCUT2D eigenvalue weighted by molar-refractivity contribution is -0.0727. The van der Waals surface area contributed by atoms with Gasteiger partial charge >= 0.3 is 5.63 Å². The van der Waals surface area contributed by atoms with Crippen molar-refractivity contribution in [3.63, 3.8) is 0 Å². The molecule has 0 radical (unpaired) electrons. The van der Waals surface area contributed by atoms with Crippen LogP contribution in [0.2, 0.25) is 5.02 Å². The van der Waals surface area contributed by atoms with Crippen LogP contribution in [0.25, 0.3) is 11.0 Å². The molecule has 1 aromatic heterocycles. The summed E-state index contributed by atoms with van der Waals surface area (Å²) in [5.74, 6) is 2.15. The number of fused-ring (bicyclic) bond motifs is 1. The predicted molar refractivity (Wildman–Crippen MR) is 110 cm³/mol. The number of carbonyl (C=O) groups excluding carboxylic acids is 1. The first-order valence-electron chi connectivity index (χ1n) is 10.5. The van der Waals surface area contributed by atoms with Crippen LogP contribution in [0.5, 0.6) is 0 Å². The lowest BCUT2D eigenvalue weighted by Crippen LogP contribution is -2.57. The second-order valence-electron chi connectivity index (χ2n) is 9.34. The first-order valence-corrected chi connectivity index (χ1v) is 10.9. The fourth-order valence-electron chi connectivity index (χ4n) is 6.78. The van der Waals surface area contributed by atoms with E-state index in [2.05, 4.69) is 12.2 Å². The monoisotopic (exact) mass is 399 g/mol. The fraction of sp³-hybridized carbons (Fsp3) is 0.565. The summed E-state index contributed by atoms with van der Waals surface area (Å²) in [4.78, 5) is 25.5. The van der Waals surface area contributed by atoms with Crippen molar-refractivity contribution in [1.29, 1.82) is 0 Å². The minimum Gasteiger partial charge on any atom is -0.422 e. The maximum Gasteiger partial charge on any atom is 0.349 e. The molecule has 4 saturated carbocycles. The molecule has 0 spiro atoms. The highest BCUT2D eigenvalue weighted by Gasteiger charge is 2.54. The Balaban J connectivity index is 1.43. The van der Waals surface area contributed by atoms with Crippen LogP contribution in [0.4, 0.5) is 0 Å². The van der Waals surface area contributed by atoms with Crippen LogP contribution < -0.4 is 10.9 Å². The zero-order valence-electron chi connectivity index (χ0n) is 16.2. The molecule has 28 heavy (non-hydrogen) atoms. The lowest BCUT2D eigenvalue weighted by Gasteiger charge is -2.59. The molecule has 148 valence electrons. The van der Waals surface area contributed by atoms with Gasteiger partial charge in [-0.25, -0.2) is 4.79 Å². The van der Waals surface area contributed by atoms with Gasteiger partial charge in [0, 0.05) is 16.5 Å². The molecule has 4 fully saturated rings. The number of carbonyl (C=O) groups is 1. The SMILES string of the molecule is CC[C@@H](NC(=O)c1cc2cc(Cl)ccc2oc1=O)C12CC3CC(CC(C3)C1)C2. The summed E-state index contributed by atoms with van der Waals surface area (Å²) in [5.41, 5.74) is 0.129. The molecule has 0 saturated heterocycles. The Morgan fingerprint density at radius 3 is 2.43 bits per heavy atom. The van der Waals surface area contributed by atoms with Crippen molar-refractivity contribution in [3.8, 4) is 0 Å². The highest BCUT2D eigenvalue weighted by Crippen LogP contribution is 2.61. The standard InChI is InChI=1S/C23H26ClNO3/c1-2-20(23-10-13-5-14(11-23)7-15(6-13)12-23)25-21(26)18-9-16-8-17(24)3-4-19(16)28-22(18)27/h3-4,8-9,13-15,20H,2,5-7,10-12H2,1H3,(H,25,26)/t13?,14?,15?,20-,23?/m1/s1. The van der Waals surface area contributed by atoms with E-state index in [0.29, 0.717) is 16.0 Å². The van der Waals surface area contributed by atoms with Crippen molar-refractivity contribution < 1.29 is 9.21 Å². The van der Waals surface area contributed by atoms with Gasteiger partial charge in [-0.15, -0.1) is 0 Å². The van der Waals surface area contributed by atoms with Crippen LogP contribution in [-0.2, 0) is 0 Å². The van der Waals surface area contributed by atoms with Crippen LogP contribution in [-0.4, -0.2) is 11.9 Å². The molecule has 5 heteroatoms. The van der Waals surface area contributed by atoms with Gasteiger partial charge in [0.1, 0.15) is 11.1 Å². The smallest absolute Gasteiger partial charge is 0.349 e. The van der Waals surface area contributed by atoms with E-state index >= 15 is 0 Å². The molecular weight excluding hydrogens is 374 g/mol. The lowest BCUT2D eigenvalue weighted by atomic mass is 9.47. The second kappa shape index (κ2) is 6.62. The van der Waals surface area contributed by atoms with Crippen molar-refractivity contribution in [3.05, 3.63) is 45.3 Å². The van der Waals surface area contributed by atoms with Crippen LogP contribution in [0.1, 0.15) is 62.2 Å². The molecule has 1 amide bonds. The minimum atomic E-state index is -0.590. The highest BCUT2D eigenvalue weighted by atomic mass is 35.5. The molecular formula is C23H26ClNO3. The van der Waals surface area contributed by atoms with Gasteiger partial charge in [0.2, 0.25) is 0 Å². The first-order chi connectivity index (χ1) is 13.5. The van der Waals surface area contributed by atoms with Crippen LogP contribution in [0.3, 0.4) is 0 Å². The van der Waals surface area contributed by atoms with Gasteiger partial charge in [0.25, 0.3) is 5.91 Å². The van der Waals surface area contributed by atoms with Crippen molar-refractivity contribution in [2.24, 2.45) is 23.2 Å². The van der Waals surface area contributed by atoms with Gasteiger partial charge in [-0.3, -0.25) is 4.79 Å². The van der Waals surface area contributed by atoms with E-state index in [4.69, 9.17) is 16.0 Å². The van der Waals surface area contributed by atoms with Gasteiger partial charge in [0.05, 0.1) is 0 Å². The molecule has 6 rings (SSSR count). The molecule has 4 aliphatic carbocycles. The van der Waals surface area contributed by atoms with E-state index in [1.807, 2.05) is 0 Å². The molecule has 4 aliphatic rings. The van der Waals surface area contributed by atoms with E-state index in [0.717, 1.165) is 24.2 Å². The van der Waals surface area contributed by atoms with E-state index in [-0.39, 0.29) is 22.9 Å². The number of rotatable bonds is 4. The molecule has 0 aliphatic heterocycles. The van der Waals surface area contributed by atoms with E-state index in [1.54, 1.807) is 24.3 Å². The van der Waals surface area contributed by atoms with Gasteiger partial charge in [0.15, 0.2) is 0 Å². The van der Waals surface area contributed by atoms with Gasteiger partial charge in [-0.05, 0) is 92.4 Å². The van der Waals surface area contributed by atoms with Gasteiger partial charge in [-0.2, -0.15) is 0 Å². The number of halogens is 1. The minimum absolute atomic E-state index is 0.0675. The number of hydrogen-bond donors (Lipinski definition) is 1. The van der Waals surface area contributed by atoms with Crippen LogP contribution in [0, 0.1) is 23.2 Å². The Morgan fingerprint density at radius 2 is 1.82 bits per heavy atom. The normalized spacial score (nSPS) is 31.9. The molecule has 1 N–H and O–H groups in total. The molecule has 2 aromatic rings. The quantitative estimate of drug-likeness (QED) is 0.721. The number of hydrogen-bond acceptors (Lipinski definition) is 3. The molecule has 4 bridgehead atoms. The number of benzene rings is 1. The maximum atomic E-state index is 13.1. The largest absolute Gasteiger partial charge is 0.422 e. The Labute approximate surface area is 169 Å². The Morgan fingerprint density at radius 1 is 1.18 bits per heavy atom. The summed E-state index contributed by atoms with van der Waals surface area (Å²) in [5, 5.41) is 4.44. The third kappa shape index (κ3) is 2.97. The third-order valence-electron chi connectivity index (χ3n) is 7.48. The Bertz CT molecular complexity index is 960. The summed E-state index contributed by atoms with van der Waals surface area (Å²) in [6, 6.07) is 6.77. The third-order valence-corrected chi connectivity index (χ3v) is 7.71. The summed E-state index contributed by atoms with van der Waals surface area (Å²) in [7, 11) is 0. The number of nitrogens with one attached hydrogen (secondary N) is 1. The Hall–Kier alpha value is -1.81. The first kappa shape index (κ1) is 18.2. The van der Waals surface area contributed by atoms with Crippen LogP contribution in [0.15, 0.2) is 33.5 Å².